The minimum Gasteiger partial charge on any atom is -0.325 e. The normalized spacial score (nSPS) is 13.2. The van der Waals surface area contributed by atoms with Gasteiger partial charge in [-0.15, -0.1) is 11.3 Å². The molecule has 0 saturated heterocycles. The molecular formula is C17H14IN3O2S. The third-order valence-corrected chi connectivity index (χ3v) is 6.05. The quantitative estimate of drug-likeness (QED) is 0.623. The number of nitrogens with zero attached hydrogens (tertiary/aromatic N) is 2. The van der Waals surface area contributed by atoms with Gasteiger partial charge in [-0.25, -0.2) is 4.98 Å². The van der Waals surface area contributed by atoms with E-state index in [1.807, 2.05) is 24.3 Å². The summed E-state index contributed by atoms with van der Waals surface area (Å²) >= 11 is 3.82. The van der Waals surface area contributed by atoms with Crippen LogP contribution in [0.3, 0.4) is 0 Å². The molecule has 0 atom stereocenters. The minimum atomic E-state index is -0.230. The fourth-order valence-corrected chi connectivity index (χ4v) is 4.60. The van der Waals surface area contributed by atoms with Crippen LogP contribution in [-0.4, -0.2) is 15.5 Å². The Morgan fingerprint density at radius 3 is 2.88 bits per heavy atom. The molecule has 0 unspecified atom stereocenters. The Hall–Kier alpha value is -1.74. The molecule has 2 aromatic heterocycles. The van der Waals surface area contributed by atoms with Crippen LogP contribution in [0.2, 0.25) is 0 Å². The Morgan fingerprint density at radius 2 is 2.08 bits per heavy atom. The minimum absolute atomic E-state index is 0.0294. The summed E-state index contributed by atoms with van der Waals surface area (Å²) in [4.78, 5) is 31.4. The lowest BCUT2D eigenvalue weighted by Crippen LogP contribution is -2.28. The average Bonchev–Trinajstić information content (AvgIpc) is 3.13. The number of thiophene rings is 1. The Labute approximate surface area is 155 Å². The lowest BCUT2D eigenvalue weighted by Gasteiger charge is -2.07. The van der Waals surface area contributed by atoms with Gasteiger partial charge in [-0.2, -0.15) is 0 Å². The second-order valence-corrected chi connectivity index (χ2v) is 8.10. The molecule has 4 rings (SSSR count). The molecule has 3 aromatic rings. The van der Waals surface area contributed by atoms with Crippen molar-refractivity contribution in [1.82, 2.24) is 9.55 Å². The predicted molar refractivity (Wildman–Crippen MR) is 104 cm³/mol. The van der Waals surface area contributed by atoms with E-state index in [4.69, 9.17) is 0 Å². The monoisotopic (exact) mass is 451 g/mol. The van der Waals surface area contributed by atoms with E-state index < -0.39 is 0 Å². The predicted octanol–water partition coefficient (Wildman–Crippen LogP) is 3.19. The van der Waals surface area contributed by atoms with Crippen molar-refractivity contribution in [2.75, 3.05) is 5.32 Å². The third kappa shape index (κ3) is 2.86. The van der Waals surface area contributed by atoms with E-state index in [9.17, 15) is 9.59 Å². The maximum atomic E-state index is 12.7. The first-order chi connectivity index (χ1) is 11.6. The van der Waals surface area contributed by atoms with Crippen molar-refractivity contribution >= 4 is 55.7 Å². The largest absolute Gasteiger partial charge is 0.325 e. The van der Waals surface area contributed by atoms with E-state index in [-0.39, 0.29) is 18.0 Å². The smallest absolute Gasteiger partial charge is 0.262 e. The highest BCUT2D eigenvalue weighted by molar-refractivity contribution is 14.1. The standard InChI is InChI=1S/C17H14IN3O2S/c18-10-4-6-11(7-5-10)20-14(22)8-21-9-19-16-15(17(21)23)12-2-1-3-13(12)24-16/h4-7,9H,1-3,8H2,(H,20,22). The number of carbonyl (C=O) groups excluding carboxylic acids is 1. The number of benzene rings is 1. The van der Waals surface area contributed by atoms with Gasteiger partial charge in [-0.3, -0.25) is 14.2 Å². The van der Waals surface area contributed by atoms with Crippen LogP contribution in [0.15, 0.2) is 35.4 Å². The van der Waals surface area contributed by atoms with E-state index in [1.54, 1.807) is 11.3 Å². The van der Waals surface area contributed by atoms with E-state index in [2.05, 4.69) is 32.9 Å². The van der Waals surface area contributed by atoms with Gasteiger partial charge in [0.2, 0.25) is 5.91 Å². The van der Waals surface area contributed by atoms with E-state index in [1.165, 1.54) is 15.8 Å². The number of aromatic nitrogens is 2. The average molecular weight is 451 g/mol. The highest BCUT2D eigenvalue weighted by Gasteiger charge is 2.21. The molecule has 122 valence electrons. The van der Waals surface area contributed by atoms with Gasteiger partial charge in [-0.05, 0) is 71.7 Å². The van der Waals surface area contributed by atoms with Crippen LogP contribution in [0.1, 0.15) is 16.9 Å². The molecule has 7 heteroatoms. The number of hydrogen-bond donors (Lipinski definition) is 1. The van der Waals surface area contributed by atoms with Crippen molar-refractivity contribution in [3.8, 4) is 0 Å². The molecule has 2 heterocycles. The molecule has 1 aliphatic carbocycles. The number of anilines is 1. The van der Waals surface area contributed by atoms with Crippen molar-refractivity contribution in [2.45, 2.75) is 25.8 Å². The van der Waals surface area contributed by atoms with Crippen LogP contribution in [0.5, 0.6) is 0 Å². The van der Waals surface area contributed by atoms with E-state index in [0.717, 1.165) is 38.9 Å². The highest BCUT2D eigenvalue weighted by atomic mass is 127. The van der Waals surface area contributed by atoms with Crippen molar-refractivity contribution < 1.29 is 4.79 Å². The molecule has 1 N–H and O–H groups in total. The summed E-state index contributed by atoms with van der Waals surface area (Å²) in [6.45, 7) is -0.0294. The maximum Gasteiger partial charge on any atom is 0.262 e. The maximum absolute atomic E-state index is 12.7. The molecular weight excluding hydrogens is 437 g/mol. The van der Waals surface area contributed by atoms with Crippen molar-refractivity contribution in [3.05, 3.63) is 55.0 Å². The van der Waals surface area contributed by atoms with Crippen LogP contribution >= 0.6 is 33.9 Å². The first-order valence-corrected chi connectivity index (χ1v) is 9.56. The van der Waals surface area contributed by atoms with Crippen molar-refractivity contribution in [2.24, 2.45) is 0 Å². The Balaban J connectivity index is 1.60. The number of hydrogen-bond acceptors (Lipinski definition) is 4. The summed E-state index contributed by atoms with van der Waals surface area (Å²) < 4.78 is 2.50. The van der Waals surface area contributed by atoms with Crippen molar-refractivity contribution in [1.29, 1.82) is 0 Å². The second kappa shape index (κ2) is 6.29. The highest BCUT2D eigenvalue weighted by Crippen LogP contribution is 2.34. The number of amides is 1. The number of fused-ring (bicyclic) bond motifs is 3. The van der Waals surface area contributed by atoms with Gasteiger partial charge in [0, 0.05) is 14.1 Å². The molecule has 0 radical (unpaired) electrons. The fraction of sp³-hybridized carbons (Fsp3) is 0.235. The molecule has 0 fully saturated rings. The molecule has 0 bridgehead atoms. The fourth-order valence-electron chi connectivity index (χ4n) is 3.02. The summed E-state index contributed by atoms with van der Waals surface area (Å²) in [5.74, 6) is -0.230. The van der Waals surface area contributed by atoms with Crippen molar-refractivity contribution in [3.63, 3.8) is 0 Å². The molecule has 24 heavy (non-hydrogen) atoms. The molecule has 1 aromatic carbocycles. The van der Waals surface area contributed by atoms with Gasteiger partial charge in [0.25, 0.3) is 5.56 Å². The lowest BCUT2D eigenvalue weighted by molar-refractivity contribution is -0.116. The van der Waals surface area contributed by atoms with E-state index in [0.29, 0.717) is 5.39 Å². The zero-order chi connectivity index (χ0) is 16.7. The Kier molecular flexibility index (Phi) is 4.13. The molecule has 5 nitrogen and oxygen atoms in total. The zero-order valence-electron chi connectivity index (χ0n) is 12.7. The number of aryl methyl sites for hydroxylation is 2. The molecule has 0 saturated carbocycles. The number of rotatable bonds is 3. The summed E-state index contributed by atoms with van der Waals surface area (Å²) in [6, 6.07) is 7.53. The topological polar surface area (TPSA) is 64.0 Å². The summed E-state index contributed by atoms with van der Waals surface area (Å²) in [5.41, 5.74) is 1.75. The SMILES string of the molecule is O=C(Cn1cnc2sc3c(c2c1=O)CCC3)Nc1ccc(I)cc1. The van der Waals surface area contributed by atoms with Crippen LogP contribution in [-0.2, 0) is 24.2 Å². The van der Waals surface area contributed by atoms with Crippen LogP contribution in [0.25, 0.3) is 10.2 Å². The molecule has 0 spiro atoms. The van der Waals surface area contributed by atoms with Gasteiger partial charge in [-0.1, -0.05) is 0 Å². The van der Waals surface area contributed by atoms with Gasteiger partial charge in [0.1, 0.15) is 11.4 Å². The number of carbonyl (C=O) groups is 1. The van der Waals surface area contributed by atoms with Gasteiger partial charge in [0.05, 0.1) is 11.7 Å². The third-order valence-electron chi connectivity index (χ3n) is 4.13. The number of nitrogens with one attached hydrogen (secondary N) is 1. The van der Waals surface area contributed by atoms with Gasteiger partial charge in [0.15, 0.2) is 0 Å². The molecule has 1 amide bonds. The molecule has 0 aliphatic heterocycles. The summed E-state index contributed by atoms with van der Waals surface area (Å²) in [6.07, 6.45) is 4.54. The van der Waals surface area contributed by atoms with Gasteiger partial charge < -0.3 is 5.32 Å². The van der Waals surface area contributed by atoms with Crippen LogP contribution in [0, 0.1) is 3.57 Å². The lowest BCUT2D eigenvalue weighted by atomic mass is 10.2. The molecule has 1 aliphatic rings. The summed E-state index contributed by atoms with van der Waals surface area (Å²) in [7, 11) is 0. The van der Waals surface area contributed by atoms with Crippen LogP contribution in [0.4, 0.5) is 5.69 Å². The summed E-state index contributed by atoms with van der Waals surface area (Å²) in [5, 5.41) is 3.52. The van der Waals surface area contributed by atoms with E-state index >= 15 is 0 Å². The number of halogens is 1. The Bertz CT molecular complexity index is 991. The van der Waals surface area contributed by atoms with Gasteiger partial charge >= 0.3 is 0 Å². The first kappa shape index (κ1) is 15.8. The second-order valence-electron chi connectivity index (χ2n) is 5.77. The first-order valence-electron chi connectivity index (χ1n) is 7.67. The van der Waals surface area contributed by atoms with Crippen LogP contribution < -0.4 is 10.9 Å². The Morgan fingerprint density at radius 1 is 1.29 bits per heavy atom. The zero-order valence-corrected chi connectivity index (χ0v) is 15.7.